The summed E-state index contributed by atoms with van der Waals surface area (Å²) in [7, 11) is 0. The lowest BCUT2D eigenvalue weighted by Crippen LogP contribution is -2.21. The lowest BCUT2D eigenvalue weighted by Gasteiger charge is -2.23. The molecule has 0 saturated carbocycles. The summed E-state index contributed by atoms with van der Waals surface area (Å²) in [6, 6.07) is 4.20. The maximum atomic E-state index is 9.42. The van der Waals surface area contributed by atoms with Gasteiger partial charge >= 0.3 is 0 Å². The van der Waals surface area contributed by atoms with Crippen LogP contribution >= 0.6 is 11.3 Å². The van der Waals surface area contributed by atoms with Crippen LogP contribution in [0.25, 0.3) is 0 Å². The van der Waals surface area contributed by atoms with Gasteiger partial charge in [0.05, 0.1) is 5.92 Å². The van der Waals surface area contributed by atoms with Gasteiger partial charge in [0.15, 0.2) is 0 Å². The first kappa shape index (κ1) is 12.8. The largest absolute Gasteiger partial charge is 0.420 e. The Kier molecular flexibility index (Phi) is 3.20. The van der Waals surface area contributed by atoms with Gasteiger partial charge in [-0.25, -0.2) is 0 Å². The molecule has 0 radical (unpaired) electrons. The number of aromatic nitrogens is 2. The number of thiophene rings is 1. The summed E-state index contributed by atoms with van der Waals surface area (Å²) >= 11 is 1.60. The summed E-state index contributed by atoms with van der Waals surface area (Å²) < 4.78 is 5.49. The third-order valence-electron chi connectivity index (χ3n) is 3.39. The van der Waals surface area contributed by atoms with Gasteiger partial charge in [-0.15, -0.1) is 5.10 Å². The molecule has 1 atom stereocenters. The summed E-state index contributed by atoms with van der Waals surface area (Å²) in [5, 5.41) is 20.6. The number of allylic oxidation sites excluding steroid dienone is 1. The molecule has 1 aliphatic heterocycles. The molecule has 3 rings (SSSR count). The van der Waals surface area contributed by atoms with E-state index in [-0.39, 0.29) is 11.8 Å². The third-order valence-corrected chi connectivity index (χ3v) is 4.10. The number of hydrogen-bond acceptors (Lipinski definition) is 5. The minimum Gasteiger partial charge on any atom is -0.420 e. The molecule has 0 bridgehead atoms. The fourth-order valence-corrected chi connectivity index (χ4v) is 3.21. The topological polar surface area (TPSA) is 87.7 Å². The standard InChI is InChI=1S/C14H14N4OS/c1-2-3-10-12-11(8-4-5-20-7-8)9(6-15)13(16)19-14(12)18-17-10/h4-5,7,11H,2-3,16H2,1H3,(H,17,18). The van der Waals surface area contributed by atoms with E-state index >= 15 is 0 Å². The molecule has 5 nitrogen and oxygen atoms in total. The number of aromatic amines is 1. The summed E-state index contributed by atoms with van der Waals surface area (Å²) in [5.74, 6) is 0.446. The molecule has 6 heteroatoms. The Balaban J connectivity index is 2.19. The van der Waals surface area contributed by atoms with Crippen molar-refractivity contribution in [2.24, 2.45) is 5.73 Å². The minimum absolute atomic E-state index is 0.144. The molecule has 0 fully saturated rings. The van der Waals surface area contributed by atoms with Gasteiger partial charge in [-0.3, -0.25) is 5.10 Å². The summed E-state index contributed by atoms with van der Waals surface area (Å²) in [5.41, 5.74) is 9.33. The lowest BCUT2D eigenvalue weighted by atomic mass is 9.85. The quantitative estimate of drug-likeness (QED) is 0.908. The number of rotatable bonds is 3. The molecule has 2 aromatic heterocycles. The highest BCUT2D eigenvalue weighted by molar-refractivity contribution is 7.08. The summed E-state index contributed by atoms with van der Waals surface area (Å²) in [6.45, 7) is 2.10. The molecule has 102 valence electrons. The van der Waals surface area contributed by atoms with E-state index < -0.39 is 0 Å². The number of nitriles is 1. The number of H-pyrrole nitrogens is 1. The van der Waals surface area contributed by atoms with E-state index in [4.69, 9.17) is 10.5 Å². The SMILES string of the molecule is CCCc1[nH]nc2c1C(c1ccsc1)C(C#N)=C(N)O2. The first-order valence-corrected chi connectivity index (χ1v) is 7.37. The first-order valence-electron chi connectivity index (χ1n) is 6.43. The van der Waals surface area contributed by atoms with Gasteiger partial charge < -0.3 is 10.5 Å². The van der Waals surface area contributed by atoms with E-state index in [9.17, 15) is 5.26 Å². The zero-order chi connectivity index (χ0) is 14.1. The highest BCUT2D eigenvalue weighted by atomic mass is 32.1. The molecule has 0 aromatic carbocycles. The molecule has 0 amide bonds. The van der Waals surface area contributed by atoms with Gasteiger partial charge in [0.2, 0.25) is 11.8 Å². The number of nitrogens with one attached hydrogen (secondary N) is 1. The fraction of sp³-hybridized carbons (Fsp3) is 0.286. The van der Waals surface area contributed by atoms with Crippen LogP contribution in [0.15, 0.2) is 28.3 Å². The molecule has 0 spiro atoms. The summed E-state index contributed by atoms with van der Waals surface area (Å²) in [4.78, 5) is 0. The van der Waals surface area contributed by atoms with Crippen molar-refractivity contribution in [3.63, 3.8) is 0 Å². The van der Waals surface area contributed by atoms with Crippen LogP contribution in [-0.4, -0.2) is 10.2 Å². The first-order chi connectivity index (χ1) is 9.76. The monoisotopic (exact) mass is 286 g/mol. The predicted molar refractivity (Wildman–Crippen MR) is 76.2 cm³/mol. The number of aryl methyl sites for hydroxylation is 1. The highest BCUT2D eigenvalue weighted by Crippen LogP contribution is 2.43. The molecule has 3 N–H and O–H groups in total. The molecular weight excluding hydrogens is 272 g/mol. The Hall–Kier alpha value is -2.26. The molecule has 1 unspecified atom stereocenters. The minimum atomic E-state index is -0.185. The van der Waals surface area contributed by atoms with Crippen molar-refractivity contribution in [3.8, 4) is 11.9 Å². The van der Waals surface area contributed by atoms with E-state index in [0.717, 1.165) is 29.7 Å². The molecule has 0 saturated heterocycles. The average molecular weight is 286 g/mol. The molecule has 2 aromatic rings. The molecule has 20 heavy (non-hydrogen) atoms. The molecule has 3 heterocycles. The van der Waals surface area contributed by atoms with Crippen LogP contribution in [0.2, 0.25) is 0 Å². The number of fused-ring (bicyclic) bond motifs is 1. The smallest absolute Gasteiger partial charge is 0.244 e. The maximum Gasteiger partial charge on any atom is 0.244 e. The van der Waals surface area contributed by atoms with Crippen molar-refractivity contribution < 1.29 is 4.74 Å². The van der Waals surface area contributed by atoms with Crippen LogP contribution < -0.4 is 10.5 Å². The van der Waals surface area contributed by atoms with Crippen molar-refractivity contribution in [2.45, 2.75) is 25.7 Å². The molecule has 1 aliphatic rings. The molecular formula is C14H14N4OS. The number of ether oxygens (including phenoxy) is 1. The van der Waals surface area contributed by atoms with Gasteiger partial charge in [0, 0.05) is 11.3 Å². The van der Waals surface area contributed by atoms with E-state index in [1.807, 2.05) is 16.8 Å². The molecule has 0 aliphatic carbocycles. The van der Waals surface area contributed by atoms with Gasteiger partial charge in [-0.2, -0.15) is 16.6 Å². The van der Waals surface area contributed by atoms with Crippen molar-refractivity contribution >= 4 is 11.3 Å². The Morgan fingerprint density at radius 2 is 2.45 bits per heavy atom. The van der Waals surface area contributed by atoms with Crippen molar-refractivity contribution in [1.29, 1.82) is 5.26 Å². The Morgan fingerprint density at radius 1 is 1.60 bits per heavy atom. The third kappa shape index (κ3) is 1.87. The van der Waals surface area contributed by atoms with Crippen LogP contribution in [0.5, 0.6) is 5.88 Å². The average Bonchev–Trinajstić information content (AvgIpc) is 3.08. The second-order valence-corrected chi connectivity index (χ2v) is 5.43. The summed E-state index contributed by atoms with van der Waals surface area (Å²) in [6.07, 6.45) is 1.86. The normalized spacial score (nSPS) is 17.5. The highest BCUT2D eigenvalue weighted by Gasteiger charge is 2.34. The number of hydrogen-bond donors (Lipinski definition) is 2. The van der Waals surface area contributed by atoms with E-state index in [1.165, 1.54) is 0 Å². The fourth-order valence-electron chi connectivity index (χ4n) is 2.52. The van der Waals surface area contributed by atoms with Crippen LogP contribution in [-0.2, 0) is 6.42 Å². The van der Waals surface area contributed by atoms with Gasteiger partial charge in [-0.05, 0) is 28.8 Å². The van der Waals surface area contributed by atoms with Crippen LogP contribution in [0.3, 0.4) is 0 Å². The van der Waals surface area contributed by atoms with Crippen molar-refractivity contribution in [3.05, 3.63) is 45.1 Å². The zero-order valence-corrected chi connectivity index (χ0v) is 11.8. The van der Waals surface area contributed by atoms with Gasteiger partial charge in [-0.1, -0.05) is 13.3 Å². The van der Waals surface area contributed by atoms with Crippen LogP contribution in [0.1, 0.15) is 36.1 Å². The maximum absolute atomic E-state index is 9.42. The lowest BCUT2D eigenvalue weighted by molar-refractivity contribution is 0.379. The van der Waals surface area contributed by atoms with Gasteiger partial charge in [0.1, 0.15) is 11.6 Å². The zero-order valence-electron chi connectivity index (χ0n) is 11.0. The van der Waals surface area contributed by atoms with Crippen molar-refractivity contribution in [2.75, 3.05) is 0 Å². The predicted octanol–water partition coefficient (Wildman–Crippen LogP) is 2.64. The number of nitrogens with two attached hydrogens (primary N) is 1. The number of nitrogens with zero attached hydrogens (tertiary/aromatic N) is 2. The van der Waals surface area contributed by atoms with Gasteiger partial charge in [0.25, 0.3) is 0 Å². The Bertz CT molecular complexity index is 693. The van der Waals surface area contributed by atoms with Crippen LogP contribution in [0.4, 0.5) is 0 Å². The Morgan fingerprint density at radius 3 is 3.10 bits per heavy atom. The second-order valence-electron chi connectivity index (χ2n) is 4.65. The van der Waals surface area contributed by atoms with E-state index in [2.05, 4.69) is 23.2 Å². The second kappa shape index (κ2) is 5.02. The van der Waals surface area contributed by atoms with Crippen LogP contribution in [0, 0.1) is 11.3 Å². The Labute approximate surface area is 120 Å². The van der Waals surface area contributed by atoms with E-state index in [0.29, 0.717) is 11.5 Å². The van der Waals surface area contributed by atoms with E-state index in [1.54, 1.807) is 11.3 Å². The van der Waals surface area contributed by atoms with Crippen molar-refractivity contribution in [1.82, 2.24) is 10.2 Å².